The van der Waals surface area contributed by atoms with Crippen molar-refractivity contribution < 1.29 is 9.52 Å². The molecule has 1 aromatic rings. The van der Waals surface area contributed by atoms with E-state index in [1.165, 1.54) is 19.3 Å². The molecular formula is C13H23N3O2. The van der Waals surface area contributed by atoms with E-state index in [1.54, 1.807) is 0 Å². The summed E-state index contributed by atoms with van der Waals surface area (Å²) >= 11 is 0. The van der Waals surface area contributed by atoms with E-state index in [0.29, 0.717) is 30.9 Å². The molecule has 0 bridgehead atoms. The second-order valence-electron chi connectivity index (χ2n) is 6.03. The smallest absolute Gasteiger partial charge is 0.230 e. The molecule has 0 amide bonds. The molecule has 0 unspecified atom stereocenters. The Bertz CT molecular complexity index is 380. The summed E-state index contributed by atoms with van der Waals surface area (Å²) in [7, 11) is 0. The summed E-state index contributed by atoms with van der Waals surface area (Å²) < 4.78 is 5.70. The molecular weight excluding hydrogens is 230 g/mol. The van der Waals surface area contributed by atoms with Crippen LogP contribution < -0.4 is 0 Å². The summed E-state index contributed by atoms with van der Waals surface area (Å²) in [5.74, 6) is 1.33. The van der Waals surface area contributed by atoms with Gasteiger partial charge in [0, 0.05) is 18.0 Å². The van der Waals surface area contributed by atoms with Crippen molar-refractivity contribution in [3.63, 3.8) is 0 Å². The highest BCUT2D eigenvalue weighted by Gasteiger charge is 2.27. The third-order valence-electron chi connectivity index (χ3n) is 3.43. The topological polar surface area (TPSA) is 62.4 Å². The Morgan fingerprint density at radius 3 is 2.50 bits per heavy atom. The van der Waals surface area contributed by atoms with E-state index in [4.69, 9.17) is 9.52 Å². The van der Waals surface area contributed by atoms with Crippen molar-refractivity contribution in [1.82, 2.24) is 15.1 Å². The lowest BCUT2D eigenvalue weighted by Gasteiger charge is -2.36. The Labute approximate surface area is 108 Å². The van der Waals surface area contributed by atoms with Crippen LogP contribution in [-0.4, -0.2) is 39.4 Å². The van der Waals surface area contributed by atoms with Crippen LogP contribution in [0.2, 0.25) is 0 Å². The van der Waals surface area contributed by atoms with Gasteiger partial charge in [0.25, 0.3) is 0 Å². The minimum Gasteiger partial charge on any atom is -0.423 e. The molecule has 1 N–H and O–H groups in total. The first-order valence-corrected chi connectivity index (χ1v) is 6.68. The van der Waals surface area contributed by atoms with Crippen molar-refractivity contribution in [2.24, 2.45) is 0 Å². The van der Waals surface area contributed by atoms with Crippen LogP contribution in [0.15, 0.2) is 4.42 Å². The first-order valence-electron chi connectivity index (χ1n) is 6.68. The number of aromatic nitrogens is 2. The zero-order chi connectivity index (χ0) is 13.2. The first kappa shape index (κ1) is 13.5. The van der Waals surface area contributed by atoms with Gasteiger partial charge in [0.05, 0.1) is 13.2 Å². The van der Waals surface area contributed by atoms with Crippen LogP contribution in [0.3, 0.4) is 0 Å². The van der Waals surface area contributed by atoms with Gasteiger partial charge in [-0.1, -0.05) is 27.2 Å². The highest BCUT2D eigenvalue weighted by molar-refractivity contribution is 4.96. The molecule has 5 nitrogen and oxygen atoms in total. The maximum absolute atomic E-state index is 9.11. The zero-order valence-corrected chi connectivity index (χ0v) is 11.5. The second kappa shape index (κ2) is 5.36. The van der Waals surface area contributed by atoms with Crippen LogP contribution in [0.4, 0.5) is 0 Å². The molecule has 0 radical (unpaired) electrons. The van der Waals surface area contributed by atoms with Gasteiger partial charge in [0.15, 0.2) is 0 Å². The Morgan fingerprint density at radius 2 is 2.06 bits per heavy atom. The van der Waals surface area contributed by atoms with Crippen molar-refractivity contribution in [3.8, 4) is 0 Å². The largest absolute Gasteiger partial charge is 0.423 e. The van der Waals surface area contributed by atoms with E-state index in [0.717, 1.165) is 0 Å². The lowest BCUT2D eigenvalue weighted by molar-refractivity contribution is 0.0852. The molecule has 2 rings (SSSR count). The van der Waals surface area contributed by atoms with Gasteiger partial charge in [0.1, 0.15) is 0 Å². The average molecular weight is 253 g/mol. The van der Waals surface area contributed by atoms with Gasteiger partial charge >= 0.3 is 0 Å². The predicted octanol–water partition coefficient (Wildman–Crippen LogP) is 1.71. The summed E-state index contributed by atoms with van der Waals surface area (Å²) in [6.45, 7) is 7.67. The summed E-state index contributed by atoms with van der Waals surface area (Å²) in [4.78, 5) is 2.24. The summed E-state index contributed by atoms with van der Waals surface area (Å²) in [5.41, 5.74) is -0.108. The quantitative estimate of drug-likeness (QED) is 0.865. The average Bonchev–Trinajstić information content (AvgIpc) is 2.63. The molecule has 0 spiro atoms. The normalized spacial score (nSPS) is 17.2. The van der Waals surface area contributed by atoms with Gasteiger partial charge in [-0.25, -0.2) is 0 Å². The van der Waals surface area contributed by atoms with E-state index in [9.17, 15) is 0 Å². The van der Waals surface area contributed by atoms with Crippen LogP contribution in [0.25, 0.3) is 0 Å². The fourth-order valence-electron chi connectivity index (χ4n) is 2.07. The Balaban J connectivity index is 2.00. The molecule has 1 saturated carbocycles. The Kier molecular flexibility index (Phi) is 4.02. The lowest BCUT2D eigenvalue weighted by Crippen LogP contribution is -2.41. The van der Waals surface area contributed by atoms with Crippen LogP contribution in [0.5, 0.6) is 0 Å². The van der Waals surface area contributed by atoms with Crippen LogP contribution in [-0.2, 0) is 12.0 Å². The van der Waals surface area contributed by atoms with E-state index in [2.05, 4.69) is 35.9 Å². The SMILES string of the molecule is CC(C)(C)c1nnc(CN(CCO)C2CCC2)o1. The van der Waals surface area contributed by atoms with Gasteiger partial charge in [0.2, 0.25) is 11.8 Å². The van der Waals surface area contributed by atoms with Gasteiger partial charge in [-0.05, 0) is 12.8 Å². The van der Waals surface area contributed by atoms with E-state index < -0.39 is 0 Å². The summed E-state index contributed by atoms with van der Waals surface area (Å²) in [6, 6.07) is 0.571. The molecule has 0 aliphatic heterocycles. The molecule has 102 valence electrons. The van der Waals surface area contributed by atoms with Crippen molar-refractivity contribution in [1.29, 1.82) is 0 Å². The summed E-state index contributed by atoms with van der Waals surface area (Å²) in [5, 5.41) is 17.3. The van der Waals surface area contributed by atoms with Gasteiger partial charge < -0.3 is 9.52 Å². The highest BCUT2D eigenvalue weighted by Crippen LogP contribution is 2.26. The molecule has 1 aliphatic rings. The first-order chi connectivity index (χ1) is 8.50. The van der Waals surface area contributed by atoms with Crippen molar-refractivity contribution in [2.45, 2.75) is 58.0 Å². The zero-order valence-electron chi connectivity index (χ0n) is 11.5. The van der Waals surface area contributed by atoms with E-state index >= 15 is 0 Å². The van der Waals surface area contributed by atoms with Gasteiger partial charge in [-0.3, -0.25) is 4.90 Å². The third kappa shape index (κ3) is 3.09. The standard InChI is InChI=1S/C13H23N3O2/c1-13(2,3)12-15-14-11(18-12)9-16(7-8-17)10-5-4-6-10/h10,17H,4-9H2,1-3H3. The van der Waals surface area contributed by atoms with Crippen LogP contribution in [0, 0.1) is 0 Å². The maximum Gasteiger partial charge on any atom is 0.230 e. The van der Waals surface area contributed by atoms with Crippen LogP contribution >= 0.6 is 0 Å². The van der Waals surface area contributed by atoms with Crippen LogP contribution in [0.1, 0.15) is 51.8 Å². The van der Waals surface area contributed by atoms with Gasteiger partial charge in [-0.15, -0.1) is 10.2 Å². The maximum atomic E-state index is 9.11. The fourth-order valence-corrected chi connectivity index (χ4v) is 2.07. The number of nitrogens with zero attached hydrogens (tertiary/aromatic N) is 3. The highest BCUT2D eigenvalue weighted by atomic mass is 16.4. The molecule has 18 heavy (non-hydrogen) atoms. The number of aliphatic hydroxyl groups excluding tert-OH is 1. The van der Waals surface area contributed by atoms with Crippen molar-refractivity contribution in [2.75, 3.05) is 13.2 Å². The number of hydrogen-bond acceptors (Lipinski definition) is 5. The summed E-state index contributed by atoms with van der Waals surface area (Å²) in [6.07, 6.45) is 3.70. The molecule has 5 heteroatoms. The number of aliphatic hydroxyl groups is 1. The Hall–Kier alpha value is -0.940. The molecule has 1 fully saturated rings. The lowest BCUT2D eigenvalue weighted by atomic mass is 9.91. The van der Waals surface area contributed by atoms with E-state index in [-0.39, 0.29) is 12.0 Å². The minimum atomic E-state index is -0.108. The van der Waals surface area contributed by atoms with Crippen molar-refractivity contribution in [3.05, 3.63) is 11.8 Å². The molecule has 1 heterocycles. The van der Waals surface area contributed by atoms with Crippen molar-refractivity contribution >= 4 is 0 Å². The molecule has 0 aromatic carbocycles. The molecule has 1 aliphatic carbocycles. The fraction of sp³-hybridized carbons (Fsp3) is 0.846. The number of rotatable bonds is 5. The second-order valence-corrected chi connectivity index (χ2v) is 6.03. The molecule has 0 atom stereocenters. The Morgan fingerprint density at radius 1 is 1.33 bits per heavy atom. The molecule has 0 saturated heterocycles. The number of hydrogen-bond donors (Lipinski definition) is 1. The third-order valence-corrected chi connectivity index (χ3v) is 3.43. The van der Waals surface area contributed by atoms with Gasteiger partial charge in [-0.2, -0.15) is 0 Å². The monoisotopic (exact) mass is 253 g/mol. The minimum absolute atomic E-state index is 0.108. The molecule has 1 aromatic heterocycles. The predicted molar refractivity (Wildman–Crippen MR) is 68.1 cm³/mol. The van der Waals surface area contributed by atoms with E-state index in [1.807, 2.05) is 0 Å².